The number of carbonyl (C=O) groups is 2. The van der Waals surface area contributed by atoms with Crippen LogP contribution in [-0.2, 0) is 11.3 Å². The van der Waals surface area contributed by atoms with Gasteiger partial charge in [0.1, 0.15) is 0 Å². The number of halogens is 2. The van der Waals surface area contributed by atoms with Crippen LogP contribution in [0.2, 0.25) is 10.0 Å². The first kappa shape index (κ1) is 21.9. The highest BCUT2D eigenvalue weighted by atomic mass is 35.5. The van der Waals surface area contributed by atoms with E-state index >= 15 is 0 Å². The lowest BCUT2D eigenvalue weighted by atomic mass is 10.1. The summed E-state index contributed by atoms with van der Waals surface area (Å²) < 4.78 is 0. The van der Waals surface area contributed by atoms with E-state index in [-0.39, 0.29) is 5.91 Å². The average Bonchev–Trinajstić information content (AvgIpc) is 3.12. The van der Waals surface area contributed by atoms with Crippen LogP contribution >= 0.6 is 35.0 Å². The van der Waals surface area contributed by atoms with Crippen LogP contribution in [0.1, 0.15) is 21.5 Å². The molecule has 2 aliphatic rings. The van der Waals surface area contributed by atoms with Crippen LogP contribution in [0.25, 0.3) is 6.08 Å². The van der Waals surface area contributed by atoms with Crippen LogP contribution < -0.4 is 0 Å². The Hall–Kier alpha value is -2.32. The van der Waals surface area contributed by atoms with E-state index in [1.165, 1.54) is 11.8 Å². The summed E-state index contributed by atoms with van der Waals surface area (Å²) in [5.41, 5.74) is 2.17. The van der Waals surface area contributed by atoms with Gasteiger partial charge < -0.3 is 10.0 Å². The highest BCUT2D eigenvalue weighted by Gasteiger charge is 2.28. The van der Waals surface area contributed by atoms with E-state index in [0.29, 0.717) is 20.5 Å². The van der Waals surface area contributed by atoms with E-state index in [4.69, 9.17) is 28.3 Å². The Morgan fingerprint density at radius 2 is 1.77 bits per heavy atom. The van der Waals surface area contributed by atoms with E-state index in [0.717, 1.165) is 49.0 Å². The second kappa shape index (κ2) is 9.44. The summed E-state index contributed by atoms with van der Waals surface area (Å²) in [5, 5.41) is 10.6. The van der Waals surface area contributed by atoms with Crippen LogP contribution in [0.3, 0.4) is 0 Å². The van der Waals surface area contributed by atoms with Crippen LogP contribution in [0, 0.1) is 0 Å². The van der Waals surface area contributed by atoms with Gasteiger partial charge in [-0.2, -0.15) is 4.99 Å². The molecule has 2 aliphatic heterocycles. The molecule has 0 aromatic heterocycles. The maximum Gasteiger partial charge on any atom is 0.335 e. The van der Waals surface area contributed by atoms with Gasteiger partial charge in [0.2, 0.25) is 0 Å². The summed E-state index contributed by atoms with van der Waals surface area (Å²) in [7, 11) is 0. The van der Waals surface area contributed by atoms with Crippen molar-refractivity contribution in [1.82, 2.24) is 9.80 Å². The Labute approximate surface area is 194 Å². The minimum absolute atomic E-state index is 0.243. The van der Waals surface area contributed by atoms with E-state index in [1.54, 1.807) is 30.3 Å². The molecule has 0 saturated carbocycles. The van der Waals surface area contributed by atoms with Crippen LogP contribution in [-0.4, -0.2) is 58.1 Å². The van der Waals surface area contributed by atoms with Gasteiger partial charge in [0.25, 0.3) is 5.91 Å². The largest absolute Gasteiger partial charge is 0.478 e. The van der Waals surface area contributed by atoms with Crippen molar-refractivity contribution in [3.05, 3.63) is 74.1 Å². The van der Waals surface area contributed by atoms with Gasteiger partial charge in [-0.1, -0.05) is 41.4 Å². The summed E-state index contributed by atoms with van der Waals surface area (Å²) in [6, 6.07) is 12.2. The standard InChI is InChI=1S/C22H19Cl2N3O3S/c23-17-6-3-15(11-18(17)24)12-19-20(28)25-22(31-19)27-9-7-26(8-10-27)13-14-1-4-16(5-2-14)21(29)30/h1-6,11-12H,7-10,13H2,(H,29,30)/b19-12-. The molecule has 2 aromatic carbocycles. The molecule has 9 heteroatoms. The van der Waals surface area contributed by atoms with Gasteiger partial charge in [0.15, 0.2) is 5.17 Å². The molecule has 1 saturated heterocycles. The zero-order valence-corrected chi connectivity index (χ0v) is 18.8. The highest BCUT2D eigenvalue weighted by Crippen LogP contribution is 2.32. The van der Waals surface area contributed by atoms with Gasteiger partial charge in [0.05, 0.1) is 20.5 Å². The Balaban J connectivity index is 1.33. The fraction of sp³-hybridized carbons (Fsp3) is 0.227. The number of aromatic carboxylic acids is 1. The number of piperazine rings is 1. The Bertz CT molecular complexity index is 1080. The fourth-order valence-electron chi connectivity index (χ4n) is 3.39. The summed E-state index contributed by atoms with van der Waals surface area (Å²) >= 11 is 13.4. The number of hydrogen-bond donors (Lipinski definition) is 1. The first-order valence-electron chi connectivity index (χ1n) is 9.66. The Morgan fingerprint density at radius 1 is 1.06 bits per heavy atom. The molecule has 0 atom stereocenters. The van der Waals surface area contributed by atoms with Crippen molar-refractivity contribution in [3.8, 4) is 0 Å². The average molecular weight is 476 g/mol. The summed E-state index contributed by atoms with van der Waals surface area (Å²) in [5.74, 6) is -1.16. The lowest BCUT2D eigenvalue weighted by Gasteiger charge is -2.35. The van der Waals surface area contributed by atoms with Gasteiger partial charge in [0, 0.05) is 32.7 Å². The van der Waals surface area contributed by atoms with Crippen LogP contribution in [0.5, 0.6) is 0 Å². The van der Waals surface area contributed by atoms with Crippen LogP contribution in [0.15, 0.2) is 52.4 Å². The molecule has 1 fully saturated rings. The molecule has 160 valence electrons. The van der Waals surface area contributed by atoms with Crippen molar-refractivity contribution in [2.24, 2.45) is 4.99 Å². The smallest absolute Gasteiger partial charge is 0.335 e. The maximum atomic E-state index is 12.3. The van der Waals surface area contributed by atoms with Gasteiger partial charge in [-0.15, -0.1) is 0 Å². The zero-order chi connectivity index (χ0) is 22.0. The number of thioether (sulfide) groups is 1. The Morgan fingerprint density at radius 3 is 2.42 bits per heavy atom. The van der Waals surface area contributed by atoms with E-state index in [2.05, 4.69) is 14.8 Å². The minimum atomic E-state index is -0.919. The minimum Gasteiger partial charge on any atom is -0.478 e. The van der Waals surface area contributed by atoms with Gasteiger partial charge in [-0.25, -0.2) is 4.79 Å². The van der Waals surface area contributed by atoms with E-state index < -0.39 is 5.97 Å². The molecule has 2 heterocycles. The topological polar surface area (TPSA) is 73.2 Å². The second-order valence-electron chi connectivity index (χ2n) is 7.25. The molecule has 6 nitrogen and oxygen atoms in total. The highest BCUT2D eigenvalue weighted by molar-refractivity contribution is 8.18. The molecular weight excluding hydrogens is 457 g/mol. The number of amides is 1. The third-order valence-electron chi connectivity index (χ3n) is 5.10. The van der Waals surface area contributed by atoms with Crippen molar-refractivity contribution in [3.63, 3.8) is 0 Å². The number of amidine groups is 1. The van der Waals surface area contributed by atoms with E-state index in [9.17, 15) is 9.59 Å². The molecule has 4 rings (SSSR count). The molecule has 31 heavy (non-hydrogen) atoms. The number of rotatable bonds is 4. The third-order valence-corrected chi connectivity index (χ3v) is 6.88. The van der Waals surface area contributed by atoms with E-state index in [1.807, 2.05) is 18.2 Å². The molecule has 2 aromatic rings. The maximum absolute atomic E-state index is 12.3. The molecule has 0 aliphatic carbocycles. The van der Waals surface area contributed by atoms with Crippen molar-refractivity contribution in [1.29, 1.82) is 0 Å². The van der Waals surface area contributed by atoms with Crippen molar-refractivity contribution in [2.75, 3.05) is 26.2 Å². The zero-order valence-electron chi connectivity index (χ0n) is 16.4. The normalized spacial score (nSPS) is 18.5. The van der Waals surface area contributed by atoms with Crippen molar-refractivity contribution >= 4 is 58.1 Å². The van der Waals surface area contributed by atoms with Crippen molar-refractivity contribution in [2.45, 2.75) is 6.54 Å². The molecule has 0 bridgehead atoms. The monoisotopic (exact) mass is 475 g/mol. The molecule has 1 N–H and O–H groups in total. The molecule has 1 amide bonds. The Kier molecular flexibility index (Phi) is 6.67. The third kappa shape index (κ3) is 5.30. The number of carbonyl (C=O) groups excluding carboxylic acids is 1. The quantitative estimate of drug-likeness (QED) is 0.657. The molecule has 0 spiro atoms. The van der Waals surface area contributed by atoms with Crippen LogP contribution in [0.4, 0.5) is 0 Å². The number of carboxylic acid groups (broad SMARTS) is 1. The molecule has 0 unspecified atom stereocenters. The lowest BCUT2D eigenvalue weighted by Crippen LogP contribution is -2.47. The number of aliphatic imine (C=N–C) groups is 1. The number of carboxylic acids is 1. The number of benzene rings is 2. The SMILES string of the molecule is O=C1N=C(N2CCN(Cc3ccc(C(=O)O)cc3)CC2)S/C1=C\c1ccc(Cl)c(Cl)c1. The molecule has 0 radical (unpaired) electrons. The summed E-state index contributed by atoms with van der Waals surface area (Å²) in [6.45, 7) is 3.97. The lowest BCUT2D eigenvalue weighted by molar-refractivity contribution is -0.113. The number of hydrogen-bond acceptors (Lipinski definition) is 5. The first-order chi connectivity index (χ1) is 14.9. The predicted molar refractivity (Wildman–Crippen MR) is 125 cm³/mol. The fourth-order valence-corrected chi connectivity index (χ4v) is 4.67. The molecular formula is C22H19Cl2N3O3S. The van der Waals surface area contributed by atoms with Gasteiger partial charge in [-0.3, -0.25) is 9.69 Å². The second-order valence-corrected chi connectivity index (χ2v) is 9.07. The number of nitrogens with zero attached hydrogens (tertiary/aromatic N) is 3. The summed E-state index contributed by atoms with van der Waals surface area (Å²) in [6.07, 6.45) is 1.78. The van der Waals surface area contributed by atoms with Gasteiger partial charge >= 0.3 is 5.97 Å². The predicted octanol–water partition coefficient (Wildman–Crippen LogP) is 4.48. The first-order valence-corrected chi connectivity index (χ1v) is 11.2. The van der Waals surface area contributed by atoms with Crippen molar-refractivity contribution < 1.29 is 14.7 Å². The van der Waals surface area contributed by atoms with Gasteiger partial charge in [-0.05, 0) is 53.2 Å². The summed E-state index contributed by atoms with van der Waals surface area (Å²) in [4.78, 5) is 32.6.